The van der Waals surface area contributed by atoms with E-state index >= 15 is 0 Å². The molecule has 0 aliphatic heterocycles. The largest absolute Gasteiger partial charge is 0.420 e. The molecule has 0 aliphatic rings. The highest BCUT2D eigenvalue weighted by atomic mass is 127. The average molecular weight is 387 g/mol. The molecule has 1 heterocycles. The highest BCUT2D eigenvalue weighted by molar-refractivity contribution is 14.1. The quantitative estimate of drug-likeness (QED) is 0.631. The van der Waals surface area contributed by atoms with Gasteiger partial charge in [-0.15, -0.1) is 0 Å². The SMILES string of the molecule is O=c1oc2cc(I)ccc2n1Cc1cc(F)cc(F)c1. The Hall–Kier alpha value is -1.70. The van der Waals surface area contributed by atoms with Crippen molar-refractivity contribution in [2.24, 2.45) is 0 Å². The molecule has 0 bridgehead atoms. The van der Waals surface area contributed by atoms with Crippen LogP contribution in [-0.4, -0.2) is 4.57 Å². The zero-order valence-corrected chi connectivity index (χ0v) is 12.2. The van der Waals surface area contributed by atoms with Crippen molar-refractivity contribution in [3.63, 3.8) is 0 Å². The van der Waals surface area contributed by atoms with Crippen LogP contribution in [0.25, 0.3) is 11.1 Å². The van der Waals surface area contributed by atoms with Crippen molar-refractivity contribution in [3.8, 4) is 0 Å². The molecular formula is C14H8F2INO2. The Morgan fingerprint density at radius 1 is 1.10 bits per heavy atom. The lowest BCUT2D eigenvalue weighted by atomic mass is 10.2. The molecule has 0 aliphatic carbocycles. The van der Waals surface area contributed by atoms with Gasteiger partial charge in [0.25, 0.3) is 0 Å². The maximum atomic E-state index is 13.2. The Balaban J connectivity index is 2.10. The van der Waals surface area contributed by atoms with Crippen LogP contribution in [0.5, 0.6) is 0 Å². The van der Waals surface area contributed by atoms with Crippen molar-refractivity contribution in [3.05, 3.63) is 67.7 Å². The van der Waals surface area contributed by atoms with E-state index in [0.717, 1.165) is 9.64 Å². The fraction of sp³-hybridized carbons (Fsp3) is 0.0714. The summed E-state index contributed by atoms with van der Waals surface area (Å²) in [7, 11) is 0. The molecule has 3 rings (SSSR count). The molecule has 0 amide bonds. The number of aromatic nitrogens is 1. The van der Waals surface area contributed by atoms with Crippen LogP contribution in [0.2, 0.25) is 0 Å². The summed E-state index contributed by atoms with van der Waals surface area (Å²) in [5.74, 6) is -1.89. The van der Waals surface area contributed by atoms with Crippen LogP contribution >= 0.6 is 22.6 Å². The number of halogens is 3. The van der Waals surface area contributed by atoms with E-state index in [2.05, 4.69) is 22.6 Å². The lowest BCUT2D eigenvalue weighted by molar-refractivity contribution is 0.515. The third kappa shape index (κ3) is 2.47. The van der Waals surface area contributed by atoms with Crippen molar-refractivity contribution >= 4 is 33.7 Å². The standard InChI is InChI=1S/C14H8F2INO2/c15-9-3-8(4-10(16)5-9)7-18-12-2-1-11(17)6-13(12)20-14(18)19/h1-6H,7H2. The number of hydrogen-bond acceptors (Lipinski definition) is 2. The predicted octanol–water partition coefficient (Wildman–Crippen LogP) is 3.53. The monoisotopic (exact) mass is 387 g/mol. The third-order valence-corrected chi connectivity index (χ3v) is 3.56. The summed E-state index contributed by atoms with van der Waals surface area (Å²) in [6.45, 7) is 0.0567. The molecule has 0 fully saturated rings. The van der Waals surface area contributed by atoms with Gasteiger partial charge in [-0.2, -0.15) is 0 Å². The molecule has 0 saturated heterocycles. The van der Waals surface area contributed by atoms with Crippen LogP contribution in [0.15, 0.2) is 45.6 Å². The molecule has 6 heteroatoms. The van der Waals surface area contributed by atoms with E-state index in [0.29, 0.717) is 16.7 Å². The second-order valence-corrected chi connectivity index (χ2v) is 5.59. The summed E-state index contributed by atoms with van der Waals surface area (Å²) in [4.78, 5) is 11.8. The van der Waals surface area contributed by atoms with Crippen LogP contribution in [0.1, 0.15) is 5.56 Å². The van der Waals surface area contributed by atoms with Crippen LogP contribution in [0, 0.1) is 15.2 Å². The Kier molecular flexibility index (Phi) is 3.33. The summed E-state index contributed by atoms with van der Waals surface area (Å²) in [5.41, 5.74) is 1.42. The van der Waals surface area contributed by atoms with Crippen molar-refractivity contribution in [2.75, 3.05) is 0 Å². The van der Waals surface area contributed by atoms with Crippen LogP contribution in [0.3, 0.4) is 0 Å². The Morgan fingerprint density at radius 2 is 1.80 bits per heavy atom. The van der Waals surface area contributed by atoms with E-state index in [1.807, 2.05) is 6.07 Å². The molecule has 0 saturated carbocycles. The van der Waals surface area contributed by atoms with Crippen LogP contribution in [-0.2, 0) is 6.54 Å². The summed E-state index contributed by atoms with van der Waals surface area (Å²) >= 11 is 2.11. The number of oxazole rings is 1. The smallest absolute Gasteiger partial charge is 0.408 e. The summed E-state index contributed by atoms with van der Waals surface area (Å²) in [6, 6.07) is 8.50. The molecule has 3 aromatic rings. The first kappa shape index (κ1) is 13.3. The van der Waals surface area contributed by atoms with E-state index in [1.165, 1.54) is 16.7 Å². The number of fused-ring (bicyclic) bond motifs is 1. The van der Waals surface area contributed by atoms with Gasteiger partial charge in [-0.05, 0) is 58.5 Å². The van der Waals surface area contributed by atoms with E-state index < -0.39 is 17.4 Å². The molecule has 0 radical (unpaired) electrons. The fourth-order valence-corrected chi connectivity index (χ4v) is 2.54. The first-order chi connectivity index (χ1) is 9.52. The van der Waals surface area contributed by atoms with Crippen molar-refractivity contribution in [1.82, 2.24) is 4.57 Å². The van der Waals surface area contributed by atoms with Crippen LogP contribution in [0.4, 0.5) is 8.78 Å². The van der Waals surface area contributed by atoms with Gasteiger partial charge in [-0.25, -0.2) is 13.6 Å². The van der Waals surface area contributed by atoms with Gasteiger partial charge in [-0.3, -0.25) is 4.57 Å². The zero-order valence-electron chi connectivity index (χ0n) is 10.1. The van der Waals surface area contributed by atoms with Crippen molar-refractivity contribution in [1.29, 1.82) is 0 Å². The van der Waals surface area contributed by atoms with E-state index in [4.69, 9.17) is 4.42 Å². The van der Waals surface area contributed by atoms with Gasteiger partial charge in [0, 0.05) is 9.64 Å². The van der Waals surface area contributed by atoms with E-state index in [-0.39, 0.29) is 6.54 Å². The second kappa shape index (κ2) is 5.01. The Labute approximate surface area is 126 Å². The molecule has 0 atom stereocenters. The minimum absolute atomic E-state index is 0.0567. The van der Waals surface area contributed by atoms with Crippen molar-refractivity contribution < 1.29 is 13.2 Å². The maximum absolute atomic E-state index is 13.2. The summed E-state index contributed by atoms with van der Waals surface area (Å²) in [6.07, 6.45) is 0. The minimum Gasteiger partial charge on any atom is -0.408 e. The molecule has 0 N–H and O–H groups in total. The Morgan fingerprint density at radius 3 is 2.50 bits per heavy atom. The topological polar surface area (TPSA) is 35.1 Å². The first-order valence-electron chi connectivity index (χ1n) is 5.77. The number of benzene rings is 2. The number of nitrogens with zero attached hydrogens (tertiary/aromatic N) is 1. The van der Waals surface area contributed by atoms with Gasteiger partial charge in [0.2, 0.25) is 0 Å². The van der Waals surface area contributed by atoms with Gasteiger partial charge in [0.1, 0.15) is 11.6 Å². The van der Waals surface area contributed by atoms with Gasteiger partial charge in [0.05, 0.1) is 12.1 Å². The van der Waals surface area contributed by atoms with Gasteiger partial charge in [0.15, 0.2) is 5.58 Å². The molecule has 1 aromatic heterocycles. The zero-order chi connectivity index (χ0) is 14.3. The molecule has 102 valence electrons. The second-order valence-electron chi connectivity index (χ2n) is 4.34. The maximum Gasteiger partial charge on any atom is 0.420 e. The number of hydrogen-bond donors (Lipinski definition) is 0. The van der Waals surface area contributed by atoms with Gasteiger partial charge >= 0.3 is 5.76 Å². The normalized spacial score (nSPS) is 11.2. The van der Waals surface area contributed by atoms with Gasteiger partial charge < -0.3 is 4.42 Å². The molecule has 0 unspecified atom stereocenters. The number of rotatable bonds is 2. The third-order valence-electron chi connectivity index (χ3n) is 2.89. The lowest BCUT2D eigenvalue weighted by Crippen LogP contribution is -2.15. The lowest BCUT2D eigenvalue weighted by Gasteiger charge is -2.03. The molecule has 2 aromatic carbocycles. The summed E-state index contributed by atoms with van der Waals surface area (Å²) in [5, 5.41) is 0. The van der Waals surface area contributed by atoms with E-state index in [9.17, 15) is 13.6 Å². The Bertz CT molecular complexity index is 834. The molecule has 3 nitrogen and oxygen atoms in total. The summed E-state index contributed by atoms with van der Waals surface area (Å²) < 4.78 is 33.8. The minimum atomic E-state index is -0.671. The highest BCUT2D eigenvalue weighted by Crippen LogP contribution is 2.18. The van der Waals surface area contributed by atoms with Gasteiger partial charge in [-0.1, -0.05) is 0 Å². The molecule has 0 spiro atoms. The fourth-order valence-electron chi connectivity index (χ4n) is 2.07. The predicted molar refractivity (Wildman–Crippen MR) is 78.7 cm³/mol. The van der Waals surface area contributed by atoms with E-state index in [1.54, 1.807) is 12.1 Å². The molecule has 20 heavy (non-hydrogen) atoms. The molecular weight excluding hydrogens is 379 g/mol. The van der Waals surface area contributed by atoms with Crippen molar-refractivity contribution in [2.45, 2.75) is 6.54 Å². The van der Waals surface area contributed by atoms with Crippen LogP contribution < -0.4 is 5.76 Å². The highest BCUT2D eigenvalue weighted by Gasteiger charge is 2.11. The average Bonchev–Trinajstić information content (AvgIpc) is 2.64. The first-order valence-corrected chi connectivity index (χ1v) is 6.85.